The second kappa shape index (κ2) is 12.2. The lowest BCUT2D eigenvalue weighted by Gasteiger charge is -2.39. The number of piperazine rings is 1. The van der Waals surface area contributed by atoms with E-state index < -0.39 is 0 Å². The maximum Gasteiger partial charge on any atom is 0.289 e. The van der Waals surface area contributed by atoms with Gasteiger partial charge in [0.1, 0.15) is 5.75 Å². The minimum absolute atomic E-state index is 0.0749. The summed E-state index contributed by atoms with van der Waals surface area (Å²) in [6, 6.07) is 21.1. The molecular weight excluding hydrogens is 514 g/mol. The van der Waals surface area contributed by atoms with E-state index in [-0.39, 0.29) is 17.9 Å². The number of carbonyl (C=O) groups is 2. The van der Waals surface area contributed by atoms with Gasteiger partial charge in [-0.05, 0) is 49.7 Å². The summed E-state index contributed by atoms with van der Waals surface area (Å²) >= 11 is 1.58. The van der Waals surface area contributed by atoms with Crippen molar-refractivity contribution in [1.82, 2.24) is 24.6 Å². The first kappa shape index (κ1) is 26.6. The van der Waals surface area contributed by atoms with Crippen molar-refractivity contribution in [2.75, 3.05) is 32.5 Å². The molecule has 1 aliphatic heterocycles. The lowest BCUT2D eigenvalue weighted by atomic mass is 10.1. The molecule has 0 saturated carbocycles. The standard InChI is InChI=1S/C29H31N5O4S/c1-21-20-32(16-17-33(21)28(36)25-10-6-18-38-25)26(35)11-7-19-39-29-31-30-27(22-8-4-3-5-9-22)34(29)23-12-14-24(37-2)15-13-23/h3-6,8-10,12-15,18,21H,7,11,16-17,19-20H2,1-2H3. The lowest BCUT2D eigenvalue weighted by Crippen LogP contribution is -2.55. The van der Waals surface area contributed by atoms with Crippen LogP contribution in [0.1, 0.15) is 30.3 Å². The van der Waals surface area contributed by atoms with Crippen molar-refractivity contribution in [1.29, 1.82) is 0 Å². The Morgan fingerprint density at radius 3 is 2.51 bits per heavy atom. The van der Waals surface area contributed by atoms with Gasteiger partial charge in [-0.15, -0.1) is 10.2 Å². The van der Waals surface area contributed by atoms with E-state index >= 15 is 0 Å². The van der Waals surface area contributed by atoms with Gasteiger partial charge in [0.2, 0.25) is 5.91 Å². The fourth-order valence-electron chi connectivity index (χ4n) is 4.67. The minimum Gasteiger partial charge on any atom is -0.497 e. The van der Waals surface area contributed by atoms with Crippen LogP contribution in [0.4, 0.5) is 0 Å². The van der Waals surface area contributed by atoms with E-state index in [4.69, 9.17) is 9.15 Å². The van der Waals surface area contributed by atoms with Gasteiger partial charge in [-0.1, -0.05) is 42.1 Å². The highest BCUT2D eigenvalue weighted by atomic mass is 32.2. The Bertz CT molecular complexity index is 1390. The molecule has 202 valence electrons. The average molecular weight is 546 g/mol. The predicted molar refractivity (Wildman–Crippen MR) is 149 cm³/mol. The molecule has 0 spiro atoms. The number of benzene rings is 2. The van der Waals surface area contributed by atoms with E-state index in [1.165, 1.54) is 6.26 Å². The van der Waals surface area contributed by atoms with Gasteiger partial charge in [-0.3, -0.25) is 14.2 Å². The summed E-state index contributed by atoms with van der Waals surface area (Å²) in [6.45, 7) is 3.50. The van der Waals surface area contributed by atoms with Crippen LogP contribution in [0.15, 0.2) is 82.6 Å². The molecule has 1 atom stereocenters. The van der Waals surface area contributed by atoms with Gasteiger partial charge in [-0.2, -0.15) is 0 Å². The van der Waals surface area contributed by atoms with E-state index in [0.717, 1.165) is 33.7 Å². The monoisotopic (exact) mass is 545 g/mol. The van der Waals surface area contributed by atoms with Crippen LogP contribution in [-0.4, -0.2) is 74.9 Å². The second-order valence-electron chi connectivity index (χ2n) is 9.32. The Morgan fingerprint density at radius 2 is 1.82 bits per heavy atom. The van der Waals surface area contributed by atoms with E-state index in [0.29, 0.717) is 38.2 Å². The van der Waals surface area contributed by atoms with E-state index in [1.54, 1.807) is 35.9 Å². The molecule has 1 saturated heterocycles. The normalized spacial score (nSPS) is 15.4. The number of hydrogen-bond donors (Lipinski definition) is 0. The molecule has 3 heterocycles. The van der Waals surface area contributed by atoms with Gasteiger partial charge in [0.25, 0.3) is 5.91 Å². The number of rotatable bonds is 9. The van der Waals surface area contributed by atoms with E-state index in [1.807, 2.05) is 71.0 Å². The van der Waals surface area contributed by atoms with Gasteiger partial charge in [0, 0.05) is 49.1 Å². The maximum atomic E-state index is 12.9. The summed E-state index contributed by atoms with van der Waals surface area (Å²) in [6.07, 6.45) is 2.64. The fourth-order valence-corrected chi connectivity index (χ4v) is 5.57. The van der Waals surface area contributed by atoms with Crippen molar-refractivity contribution in [3.8, 4) is 22.8 Å². The summed E-state index contributed by atoms with van der Waals surface area (Å²) in [4.78, 5) is 29.2. The first-order valence-electron chi connectivity index (χ1n) is 13.0. The Morgan fingerprint density at radius 1 is 1.03 bits per heavy atom. The zero-order valence-corrected chi connectivity index (χ0v) is 22.8. The SMILES string of the molecule is COc1ccc(-n2c(SCCCC(=O)N3CCN(C(=O)c4ccco4)C(C)C3)nnc2-c2ccccc2)cc1. The molecule has 0 aliphatic carbocycles. The smallest absolute Gasteiger partial charge is 0.289 e. The quantitative estimate of drug-likeness (QED) is 0.221. The third-order valence-corrected chi connectivity index (χ3v) is 7.75. The highest BCUT2D eigenvalue weighted by molar-refractivity contribution is 7.99. The first-order valence-corrected chi connectivity index (χ1v) is 13.9. The highest BCUT2D eigenvalue weighted by Crippen LogP contribution is 2.29. The molecule has 0 radical (unpaired) electrons. The number of nitrogens with zero attached hydrogens (tertiary/aromatic N) is 5. The van der Waals surface area contributed by atoms with E-state index in [9.17, 15) is 9.59 Å². The fraction of sp³-hybridized carbons (Fsp3) is 0.310. The van der Waals surface area contributed by atoms with Gasteiger partial charge in [-0.25, -0.2) is 0 Å². The summed E-state index contributed by atoms with van der Waals surface area (Å²) in [5.41, 5.74) is 1.91. The molecule has 1 fully saturated rings. The number of carbonyl (C=O) groups excluding carboxylic acids is 2. The molecule has 9 nitrogen and oxygen atoms in total. The Kier molecular flexibility index (Phi) is 8.31. The molecular formula is C29H31N5O4S. The van der Waals surface area contributed by atoms with Crippen LogP contribution in [0.2, 0.25) is 0 Å². The number of hydrogen-bond acceptors (Lipinski definition) is 7. The van der Waals surface area contributed by atoms with Crippen LogP contribution >= 0.6 is 11.8 Å². The van der Waals surface area contributed by atoms with E-state index in [2.05, 4.69) is 10.2 Å². The maximum absolute atomic E-state index is 12.9. The van der Waals surface area contributed by atoms with Gasteiger partial charge in [0.05, 0.1) is 13.4 Å². The number of methoxy groups -OCH3 is 1. The lowest BCUT2D eigenvalue weighted by molar-refractivity contribution is -0.133. The molecule has 0 N–H and O–H groups in total. The van der Waals surface area contributed by atoms with Gasteiger partial charge in [0.15, 0.2) is 16.7 Å². The topological polar surface area (TPSA) is 93.7 Å². The van der Waals surface area contributed by atoms with Crippen molar-refractivity contribution in [2.45, 2.75) is 31.0 Å². The Labute approximate surface area is 231 Å². The molecule has 1 unspecified atom stereocenters. The summed E-state index contributed by atoms with van der Waals surface area (Å²) < 4.78 is 12.6. The largest absolute Gasteiger partial charge is 0.497 e. The summed E-state index contributed by atoms with van der Waals surface area (Å²) in [5.74, 6) is 2.57. The molecule has 2 aromatic heterocycles. The molecule has 2 aromatic carbocycles. The second-order valence-corrected chi connectivity index (χ2v) is 10.4. The number of amides is 2. The molecule has 10 heteroatoms. The third-order valence-electron chi connectivity index (χ3n) is 6.74. The number of aromatic nitrogens is 3. The van der Waals surface area contributed by atoms with Crippen LogP contribution in [0.3, 0.4) is 0 Å². The van der Waals surface area contributed by atoms with Crippen molar-refractivity contribution in [2.24, 2.45) is 0 Å². The van der Waals surface area contributed by atoms with Crippen molar-refractivity contribution < 1.29 is 18.7 Å². The van der Waals surface area contributed by atoms with Crippen LogP contribution < -0.4 is 4.74 Å². The van der Waals surface area contributed by atoms with Crippen molar-refractivity contribution >= 4 is 23.6 Å². The summed E-state index contributed by atoms with van der Waals surface area (Å²) in [5, 5.41) is 9.73. The van der Waals surface area contributed by atoms with Crippen LogP contribution in [0.5, 0.6) is 5.75 Å². The van der Waals surface area contributed by atoms with Crippen LogP contribution in [0, 0.1) is 0 Å². The molecule has 1 aliphatic rings. The van der Waals surface area contributed by atoms with Crippen molar-refractivity contribution in [3.05, 3.63) is 78.8 Å². The first-order chi connectivity index (χ1) is 19.0. The summed E-state index contributed by atoms with van der Waals surface area (Å²) in [7, 11) is 1.65. The number of thioether (sulfide) groups is 1. The zero-order valence-electron chi connectivity index (χ0n) is 22.0. The number of ether oxygens (including phenoxy) is 1. The molecule has 39 heavy (non-hydrogen) atoms. The molecule has 4 aromatic rings. The van der Waals surface area contributed by atoms with Gasteiger partial charge >= 0.3 is 0 Å². The predicted octanol–water partition coefficient (Wildman–Crippen LogP) is 4.78. The highest BCUT2D eigenvalue weighted by Gasteiger charge is 2.31. The number of furan rings is 1. The Hall–Kier alpha value is -4.05. The minimum atomic E-state index is -0.133. The molecule has 0 bridgehead atoms. The average Bonchev–Trinajstić information content (AvgIpc) is 3.66. The zero-order chi connectivity index (χ0) is 27.2. The van der Waals surface area contributed by atoms with Gasteiger partial charge < -0.3 is 19.0 Å². The van der Waals surface area contributed by atoms with Crippen LogP contribution in [0.25, 0.3) is 17.1 Å². The third kappa shape index (κ3) is 6.01. The molecule has 2 amide bonds. The van der Waals surface area contributed by atoms with Crippen LogP contribution in [-0.2, 0) is 4.79 Å². The molecule has 5 rings (SSSR count). The van der Waals surface area contributed by atoms with Crippen molar-refractivity contribution in [3.63, 3.8) is 0 Å². The Balaban J connectivity index is 1.19.